The highest BCUT2D eigenvalue weighted by atomic mass is 16.5. The number of hydrogen-bond donors (Lipinski definition) is 0. The summed E-state index contributed by atoms with van der Waals surface area (Å²) in [5.41, 5.74) is 0. The maximum atomic E-state index is 11.5. The summed E-state index contributed by atoms with van der Waals surface area (Å²) in [6.45, 7) is 2.72. The Hall–Kier alpha value is -1.59. The van der Waals surface area contributed by atoms with E-state index in [1.54, 1.807) is 14.1 Å². The van der Waals surface area contributed by atoms with Crippen LogP contribution in [-0.4, -0.2) is 50.1 Å². The highest BCUT2D eigenvalue weighted by Gasteiger charge is 2.18. The molecule has 98 valence electrons. The molecule has 0 aliphatic rings. The summed E-state index contributed by atoms with van der Waals surface area (Å²) < 4.78 is 9.63. The van der Waals surface area contributed by atoms with Crippen molar-refractivity contribution in [2.24, 2.45) is 5.92 Å². The zero-order valence-electron chi connectivity index (χ0n) is 10.7. The van der Waals surface area contributed by atoms with Crippen LogP contribution in [0, 0.1) is 5.92 Å². The Morgan fingerprint density at radius 1 is 1.00 bits per heavy atom. The van der Waals surface area contributed by atoms with E-state index < -0.39 is 11.9 Å². The highest BCUT2D eigenvalue weighted by Crippen LogP contribution is 2.07. The van der Waals surface area contributed by atoms with Gasteiger partial charge in [-0.05, 0) is 0 Å². The molecule has 1 amide bonds. The third-order valence-corrected chi connectivity index (χ3v) is 2.01. The average Bonchev–Trinajstić information content (AvgIpc) is 2.21. The predicted octanol–water partition coefficient (Wildman–Crippen LogP) is 0.207. The molecule has 0 aliphatic heterocycles. The van der Waals surface area contributed by atoms with Crippen molar-refractivity contribution in [1.82, 2.24) is 4.90 Å². The lowest BCUT2D eigenvalue weighted by Crippen LogP contribution is -2.29. The van der Waals surface area contributed by atoms with Crippen LogP contribution in [0.3, 0.4) is 0 Å². The summed E-state index contributed by atoms with van der Waals surface area (Å²) in [7, 11) is 3.27. The Morgan fingerprint density at radius 3 is 1.71 bits per heavy atom. The fourth-order valence-electron chi connectivity index (χ4n) is 1.07. The third-order valence-electron chi connectivity index (χ3n) is 2.01. The van der Waals surface area contributed by atoms with Crippen molar-refractivity contribution >= 4 is 17.8 Å². The van der Waals surface area contributed by atoms with Crippen LogP contribution in [0.1, 0.15) is 20.3 Å². The molecule has 0 aliphatic carbocycles. The minimum absolute atomic E-state index is 0.0716. The highest BCUT2D eigenvalue weighted by molar-refractivity contribution is 5.76. The molecule has 0 spiro atoms. The molecule has 0 fully saturated rings. The number of nitrogens with zero attached hydrogens (tertiary/aromatic N) is 1. The van der Waals surface area contributed by atoms with Crippen molar-refractivity contribution in [2.75, 3.05) is 27.3 Å². The van der Waals surface area contributed by atoms with Crippen molar-refractivity contribution in [3.8, 4) is 0 Å². The molecule has 0 saturated heterocycles. The zero-order valence-corrected chi connectivity index (χ0v) is 10.7. The summed E-state index contributed by atoms with van der Waals surface area (Å²) in [4.78, 5) is 34.3. The van der Waals surface area contributed by atoms with Crippen LogP contribution >= 0.6 is 0 Å². The Bertz CT molecular complexity index is 270. The van der Waals surface area contributed by atoms with Crippen LogP contribution in [0.2, 0.25) is 0 Å². The van der Waals surface area contributed by atoms with Gasteiger partial charge in [-0.2, -0.15) is 0 Å². The van der Waals surface area contributed by atoms with Crippen molar-refractivity contribution in [3.63, 3.8) is 0 Å². The maximum Gasteiger partial charge on any atom is 0.302 e. The summed E-state index contributed by atoms with van der Waals surface area (Å²) in [5.74, 6) is -1.25. The molecule has 0 unspecified atom stereocenters. The van der Waals surface area contributed by atoms with Crippen LogP contribution in [0.15, 0.2) is 0 Å². The zero-order chi connectivity index (χ0) is 13.4. The number of hydrogen-bond acceptors (Lipinski definition) is 5. The Balaban J connectivity index is 4.23. The molecule has 0 radical (unpaired) electrons. The van der Waals surface area contributed by atoms with E-state index in [1.165, 1.54) is 18.7 Å². The lowest BCUT2D eigenvalue weighted by Gasteiger charge is -2.18. The van der Waals surface area contributed by atoms with E-state index >= 15 is 0 Å². The molecular formula is C11H19NO5. The van der Waals surface area contributed by atoms with Gasteiger partial charge >= 0.3 is 11.9 Å². The predicted molar refractivity (Wildman–Crippen MR) is 60.1 cm³/mol. The second-order valence-electron chi connectivity index (χ2n) is 3.96. The lowest BCUT2D eigenvalue weighted by molar-refractivity contribution is -0.148. The molecule has 0 saturated carbocycles. The van der Waals surface area contributed by atoms with Crippen molar-refractivity contribution in [3.05, 3.63) is 0 Å². The number of carbonyl (C=O) groups excluding carboxylic acids is 3. The van der Waals surface area contributed by atoms with Crippen molar-refractivity contribution in [1.29, 1.82) is 0 Å². The quantitative estimate of drug-likeness (QED) is 0.625. The smallest absolute Gasteiger partial charge is 0.302 e. The number of rotatable bonds is 6. The minimum atomic E-state index is -0.421. The molecule has 0 bridgehead atoms. The molecule has 0 aromatic heterocycles. The van der Waals surface area contributed by atoms with E-state index in [4.69, 9.17) is 9.47 Å². The van der Waals surface area contributed by atoms with Gasteiger partial charge in [-0.25, -0.2) is 0 Å². The van der Waals surface area contributed by atoms with Crippen LogP contribution in [-0.2, 0) is 23.9 Å². The first-order chi connectivity index (χ1) is 7.82. The van der Waals surface area contributed by atoms with Gasteiger partial charge in [0, 0.05) is 40.3 Å². The molecule has 17 heavy (non-hydrogen) atoms. The first-order valence-corrected chi connectivity index (χ1v) is 5.29. The van der Waals surface area contributed by atoms with Crippen LogP contribution in [0.4, 0.5) is 0 Å². The van der Waals surface area contributed by atoms with E-state index in [0.717, 1.165) is 0 Å². The van der Waals surface area contributed by atoms with E-state index in [9.17, 15) is 14.4 Å². The van der Waals surface area contributed by atoms with Gasteiger partial charge in [-0.1, -0.05) is 0 Å². The van der Waals surface area contributed by atoms with Gasteiger partial charge in [0.15, 0.2) is 0 Å². The monoisotopic (exact) mass is 245 g/mol. The molecule has 0 aromatic carbocycles. The van der Waals surface area contributed by atoms with Gasteiger partial charge in [0.2, 0.25) is 5.91 Å². The molecule has 0 aromatic rings. The van der Waals surface area contributed by atoms with Crippen molar-refractivity contribution < 1.29 is 23.9 Å². The van der Waals surface area contributed by atoms with E-state index in [2.05, 4.69) is 0 Å². The van der Waals surface area contributed by atoms with E-state index in [1.807, 2.05) is 0 Å². The normalized spacial score (nSPS) is 9.94. The second kappa shape index (κ2) is 7.65. The summed E-state index contributed by atoms with van der Waals surface area (Å²) in [5, 5.41) is 0. The summed E-state index contributed by atoms with van der Waals surface area (Å²) >= 11 is 0. The van der Waals surface area contributed by atoms with Gasteiger partial charge in [0.25, 0.3) is 0 Å². The van der Waals surface area contributed by atoms with Crippen molar-refractivity contribution in [2.45, 2.75) is 20.3 Å². The molecule has 0 rings (SSSR count). The largest absolute Gasteiger partial charge is 0.465 e. The number of amides is 1. The van der Waals surface area contributed by atoms with Gasteiger partial charge < -0.3 is 14.4 Å². The maximum absolute atomic E-state index is 11.5. The van der Waals surface area contributed by atoms with E-state index in [-0.39, 0.29) is 31.5 Å². The van der Waals surface area contributed by atoms with Crippen LogP contribution in [0.5, 0.6) is 0 Å². The SMILES string of the molecule is CC(=O)OCC(COC(C)=O)CC(=O)N(C)C. The topological polar surface area (TPSA) is 72.9 Å². The summed E-state index contributed by atoms with van der Waals surface area (Å²) in [6, 6.07) is 0. The van der Waals surface area contributed by atoms with Gasteiger partial charge in [-0.15, -0.1) is 0 Å². The molecular weight excluding hydrogens is 226 g/mol. The first-order valence-electron chi connectivity index (χ1n) is 5.29. The molecule has 0 N–H and O–H groups in total. The van der Waals surface area contributed by atoms with E-state index in [0.29, 0.717) is 0 Å². The molecule has 0 atom stereocenters. The van der Waals surface area contributed by atoms with Crippen LogP contribution < -0.4 is 0 Å². The Morgan fingerprint density at radius 2 is 1.41 bits per heavy atom. The minimum Gasteiger partial charge on any atom is -0.465 e. The molecule has 6 nitrogen and oxygen atoms in total. The second-order valence-corrected chi connectivity index (χ2v) is 3.96. The molecule has 0 heterocycles. The van der Waals surface area contributed by atoms with Gasteiger partial charge in [-0.3, -0.25) is 14.4 Å². The summed E-state index contributed by atoms with van der Waals surface area (Å²) in [6.07, 6.45) is 0.174. The fraction of sp³-hybridized carbons (Fsp3) is 0.727. The number of esters is 2. The Labute approximate surface area is 101 Å². The number of ether oxygens (including phenoxy) is 2. The molecule has 6 heteroatoms. The first kappa shape index (κ1) is 15.4. The lowest BCUT2D eigenvalue weighted by atomic mass is 10.1. The average molecular weight is 245 g/mol. The Kier molecular flexibility index (Phi) is 6.93. The third kappa shape index (κ3) is 8.24. The standard InChI is InChI=1S/C11H19NO5/c1-8(13)16-6-10(7-17-9(2)14)5-11(15)12(3)4/h10H,5-7H2,1-4H3. The van der Waals surface area contributed by atoms with Crippen LogP contribution in [0.25, 0.3) is 0 Å². The van der Waals surface area contributed by atoms with Gasteiger partial charge in [0.1, 0.15) is 0 Å². The fourth-order valence-corrected chi connectivity index (χ4v) is 1.07. The number of carbonyl (C=O) groups is 3. The van der Waals surface area contributed by atoms with Gasteiger partial charge in [0.05, 0.1) is 13.2 Å².